The van der Waals surface area contributed by atoms with E-state index in [1.807, 2.05) is 18.2 Å². The second kappa shape index (κ2) is 8.69. The summed E-state index contributed by atoms with van der Waals surface area (Å²) >= 11 is 1.08. The van der Waals surface area contributed by atoms with Gasteiger partial charge in [-0.25, -0.2) is 0 Å². The summed E-state index contributed by atoms with van der Waals surface area (Å²) in [5.74, 6) is -0.764. The van der Waals surface area contributed by atoms with Crippen LogP contribution in [0.4, 0.5) is 0 Å². The Morgan fingerprint density at radius 1 is 1.04 bits per heavy atom. The van der Waals surface area contributed by atoms with E-state index >= 15 is 0 Å². The van der Waals surface area contributed by atoms with E-state index in [1.54, 1.807) is 24.3 Å². The zero-order valence-electron chi connectivity index (χ0n) is 13.9. The van der Waals surface area contributed by atoms with Crippen LogP contribution in [0, 0.1) is 5.92 Å². The molecular formula is C20H22O3S. The zero-order valence-corrected chi connectivity index (χ0v) is 14.8. The van der Waals surface area contributed by atoms with Crippen LogP contribution in [-0.2, 0) is 11.2 Å². The number of aliphatic carboxylic acids is 1. The van der Waals surface area contributed by atoms with Crippen molar-refractivity contribution < 1.29 is 14.7 Å². The Morgan fingerprint density at radius 2 is 1.75 bits per heavy atom. The van der Waals surface area contributed by atoms with E-state index in [0.29, 0.717) is 17.9 Å². The number of thioether (sulfide) groups is 1. The molecule has 2 rings (SSSR count). The van der Waals surface area contributed by atoms with Crippen molar-refractivity contribution in [2.24, 2.45) is 5.92 Å². The molecule has 2 aromatic carbocycles. The van der Waals surface area contributed by atoms with E-state index in [1.165, 1.54) is 5.56 Å². The molecule has 24 heavy (non-hydrogen) atoms. The van der Waals surface area contributed by atoms with Crippen molar-refractivity contribution >= 4 is 22.8 Å². The molecule has 0 saturated carbocycles. The summed E-state index contributed by atoms with van der Waals surface area (Å²) in [4.78, 5) is 23.7. The van der Waals surface area contributed by atoms with Crippen LogP contribution in [0.2, 0.25) is 0 Å². The van der Waals surface area contributed by atoms with E-state index < -0.39 is 11.9 Å². The quantitative estimate of drug-likeness (QED) is 0.797. The van der Waals surface area contributed by atoms with Gasteiger partial charge in [0.05, 0.1) is 5.92 Å². The van der Waals surface area contributed by atoms with E-state index in [0.717, 1.165) is 17.3 Å². The van der Waals surface area contributed by atoms with Gasteiger partial charge in [-0.05, 0) is 23.5 Å². The molecule has 1 N–H and O–H groups in total. The van der Waals surface area contributed by atoms with Crippen LogP contribution < -0.4 is 0 Å². The van der Waals surface area contributed by atoms with Gasteiger partial charge >= 0.3 is 5.97 Å². The van der Waals surface area contributed by atoms with E-state index in [2.05, 4.69) is 26.0 Å². The van der Waals surface area contributed by atoms with Crippen molar-refractivity contribution in [3.8, 4) is 0 Å². The predicted octanol–water partition coefficient (Wildman–Crippen LogP) is 4.63. The summed E-state index contributed by atoms with van der Waals surface area (Å²) in [7, 11) is 0. The van der Waals surface area contributed by atoms with Gasteiger partial charge in [0.15, 0.2) is 0 Å². The Labute approximate surface area is 147 Å². The molecule has 0 aromatic heterocycles. The van der Waals surface area contributed by atoms with Gasteiger partial charge in [-0.15, -0.1) is 0 Å². The first-order chi connectivity index (χ1) is 11.5. The molecule has 0 aliphatic heterocycles. The number of carbonyl (C=O) groups is 2. The highest BCUT2D eigenvalue weighted by Crippen LogP contribution is 2.21. The SMILES string of the molecule is CC(C)c1cccc(CC(CSC(=O)c2ccccc2)C(=O)O)c1. The molecule has 1 atom stereocenters. The molecule has 0 saturated heterocycles. The minimum atomic E-state index is -0.863. The van der Waals surface area contributed by atoms with Crippen LogP contribution in [0.5, 0.6) is 0 Å². The molecule has 0 radical (unpaired) electrons. The van der Waals surface area contributed by atoms with E-state index in [4.69, 9.17) is 0 Å². The highest BCUT2D eigenvalue weighted by Gasteiger charge is 2.20. The first kappa shape index (κ1) is 18.3. The normalized spacial score (nSPS) is 12.1. The fourth-order valence-electron chi connectivity index (χ4n) is 2.42. The smallest absolute Gasteiger partial charge is 0.307 e. The van der Waals surface area contributed by atoms with Gasteiger partial charge in [0.1, 0.15) is 0 Å². The van der Waals surface area contributed by atoms with Gasteiger partial charge < -0.3 is 5.11 Å². The minimum Gasteiger partial charge on any atom is -0.481 e. The Balaban J connectivity index is 2.01. The third-order valence-electron chi connectivity index (χ3n) is 3.87. The van der Waals surface area contributed by atoms with Crippen molar-refractivity contribution in [1.29, 1.82) is 0 Å². The summed E-state index contributed by atoms with van der Waals surface area (Å²) in [5, 5.41) is 9.39. The topological polar surface area (TPSA) is 54.4 Å². The molecule has 3 nitrogen and oxygen atoms in total. The monoisotopic (exact) mass is 342 g/mol. The van der Waals surface area contributed by atoms with Crippen molar-refractivity contribution in [2.45, 2.75) is 26.2 Å². The molecule has 0 bridgehead atoms. The first-order valence-corrected chi connectivity index (χ1v) is 8.99. The Morgan fingerprint density at radius 3 is 2.38 bits per heavy atom. The highest BCUT2D eigenvalue weighted by molar-refractivity contribution is 8.14. The molecule has 0 heterocycles. The Kier molecular flexibility index (Phi) is 6.62. The van der Waals surface area contributed by atoms with E-state index in [9.17, 15) is 14.7 Å². The lowest BCUT2D eigenvalue weighted by Gasteiger charge is -2.13. The van der Waals surface area contributed by atoms with Gasteiger partial charge in [-0.2, -0.15) is 0 Å². The lowest BCUT2D eigenvalue weighted by molar-refractivity contribution is -0.140. The van der Waals surface area contributed by atoms with Crippen molar-refractivity contribution in [3.05, 3.63) is 71.3 Å². The lowest BCUT2D eigenvalue weighted by atomic mass is 9.96. The largest absolute Gasteiger partial charge is 0.481 e. The number of rotatable bonds is 7. The maximum Gasteiger partial charge on any atom is 0.307 e. The standard InChI is InChI=1S/C20H22O3S/c1-14(2)17-10-6-7-15(11-17)12-18(19(21)22)13-24-20(23)16-8-4-3-5-9-16/h3-11,14,18H,12-13H2,1-2H3,(H,21,22). The zero-order chi connectivity index (χ0) is 17.5. The number of carboxylic acids is 1. The van der Waals surface area contributed by atoms with Crippen LogP contribution in [0.25, 0.3) is 0 Å². The van der Waals surface area contributed by atoms with Crippen molar-refractivity contribution in [2.75, 3.05) is 5.75 Å². The molecule has 0 spiro atoms. The van der Waals surface area contributed by atoms with Crippen molar-refractivity contribution in [3.63, 3.8) is 0 Å². The molecule has 2 aromatic rings. The number of hydrogen-bond donors (Lipinski definition) is 1. The molecule has 4 heteroatoms. The average Bonchev–Trinajstić information content (AvgIpc) is 2.59. The minimum absolute atomic E-state index is 0.0854. The van der Waals surface area contributed by atoms with Crippen LogP contribution in [0.15, 0.2) is 54.6 Å². The molecule has 0 amide bonds. The van der Waals surface area contributed by atoms with Gasteiger partial charge in [0.25, 0.3) is 0 Å². The Hall–Kier alpha value is -2.07. The maximum atomic E-state index is 12.1. The fraction of sp³-hybridized carbons (Fsp3) is 0.300. The molecular weight excluding hydrogens is 320 g/mol. The second-order valence-electron chi connectivity index (χ2n) is 6.10. The molecule has 0 aliphatic rings. The van der Waals surface area contributed by atoms with Crippen LogP contribution in [0.3, 0.4) is 0 Å². The number of carbonyl (C=O) groups excluding carboxylic acids is 1. The predicted molar refractivity (Wildman–Crippen MR) is 98.6 cm³/mol. The van der Waals surface area contributed by atoms with Crippen LogP contribution in [-0.4, -0.2) is 21.9 Å². The van der Waals surface area contributed by atoms with Crippen molar-refractivity contribution in [1.82, 2.24) is 0 Å². The summed E-state index contributed by atoms with van der Waals surface area (Å²) < 4.78 is 0. The summed E-state index contributed by atoms with van der Waals surface area (Å²) in [6.07, 6.45) is 0.435. The summed E-state index contributed by atoms with van der Waals surface area (Å²) in [5.41, 5.74) is 2.81. The van der Waals surface area contributed by atoms with Crippen LogP contribution in [0.1, 0.15) is 41.3 Å². The lowest BCUT2D eigenvalue weighted by Crippen LogP contribution is -2.20. The second-order valence-corrected chi connectivity index (χ2v) is 7.10. The van der Waals surface area contributed by atoms with Gasteiger partial charge in [-0.1, -0.05) is 80.2 Å². The van der Waals surface area contributed by atoms with Crippen LogP contribution >= 0.6 is 11.8 Å². The third kappa shape index (κ3) is 5.24. The van der Waals surface area contributed by atoms with E-state index in [-0.39, 0.29) is 10.9 Å². The Bertz CT molecular complexity index is 695. The fourth-order valence-corrected chi connectivity index (χ4v) is 3.33. The number of hydrogen-bond acceptors (Lipinski definition) is 3. The highest BCUT2D eigenvalue weighted by atomic mass is 32.2. The summed E-state index contributed by atoms with van der Waals surface area (Å²) in [6.45, 7) is 4.23. The average molecular weight is 342 g/mol. The van der Waals surface area contributed by atoms with Gasteiger partial charge in [0, 0.05) is 11.3 Å². The number of carboxylic acid groups (broad SMARTS) is 1. The third-order valence-corrected chi connectivity index (χ3v) is 4.94. The van der Waals surface area contributed by atoms with Gasteiger partial charge in [-0.3, -0.25) is 9.59 Å². The molecule has 126 valence electrons. The van der Waals surface area contributed by atoms with Gasteiger partial charge in [0.2, 0.25) is 5.12 Å². The number of benzene rings is 2. The maximum absolute atomic E-state index is 12.1. The molecule has 0 fully saturated rings. The molecule has 0 aliphatic carbocycles. The first-order valence-electron chi connectivity index (χ1n) is 8.01. The molecule has 1 unspecified atom stereocenters. The summed E-state index contributed by atoms with van der Waals surface area (Å²) in [6, 6.07) is 17.0.